The van der Waals surface area contributed by atoms with E-state index in [4.69, 9.17) is 10.2 Å². The van der Waals surface area contributed by atoms with E-state index in [0.717, 1.165) is 16.1 Å². The lowest BCUT2D eigenvalue weighted by molar-refractivity contribution is 0.440. The molecule has 0 saturated heterocycles. The Kier molecular flexibility index (Phi) is 3.97. The van der Waals surface area contributed by atoms with Gasteiger partial charge >= 0.3 is 0 Å². The van der Waals surface area contributed by atoms with Crippen LogP contribution in [-0.4, -0.2) is 11.5 Å². The van der Waals surface area contributed by atoms with Crippen LogP contribution >= 0.6 is 15.9 Å². The zero-order chi connectivity index (χ0) is 12.3. The monoisotopic (exact) mass is 294 g/mol. The van der Waals surface area contributed by atoms with Crippen molar-refractivity contribution in [2.75, 3.05) is 6.54 Å². The number of aromatic nitrogens is 1. The van der Waals surface area contributed by atoms with E-state index >= 15 is 0 Å². The molecule has 2 aromatic rings. The predicted octanol–water partition coefficient (Wildman–Crippen LogP) is 3.09. The summed E-state index contributed by atoms with van der Waals surface area (Å²) in [7, 11) is 0. The molecule has 2 N–H and O–H groups in total. The Balaban J connectivity index is 2.14. The number of rotatable bonds is 4. The number of hydrogen-bond donors (Lipinski definition) is 1. The van der Waals surface area contributed by atoms with Gasteiger partial charge in [-0.15, -0.1) is 0 Å². The summed E-state index contributed by atoms with van der Waals surface area (Å²) in [6, 6.07) is 8.07. The second kappa shape index (κ2) is 5.47. The highest BCUT2D eigenvalue weighted by Crippen LogP contribution is 2.21. The standard InChI is InChI=1S/C13H15BrN2O/c1-9(7-15)12-8-16-13(17-12)6-10-4-2-3-5-11(10)14/h2-5,8-9H,6-7,15H2,1H3. The lowest BCUT2D eigenvalue weighted by Crippen LogP contribution is -2.07. The molecular weight excluding hydrogens is 280 g/mol. The Morgan fingerprint density at radius 3 is 2.88 bits per heavy atom. The van der Waals surface area contributed by atoms with Crippen molar-refractivity contribution < 1.29 is 4.42 Å². The Morgan fingerprint density at radius 1 is 1.41 bits per heavy atom. The van der Waals surface area contributed by atoms with Gasteiger partial charge in [-0.2, -0.15) is 0 Å². The van der Waals surface area contributed by atoms with Crippen LogP contribution in [0.3, 0.4) is 0 Å². The molecule has 90 valence electrons. The van der Waals surface area contributed by atoms with Gasteiger partial charge in [0.25, 0.3) is 0 Å². The summed E-state index contributed by atoms with van der Waals surface area (Å²) < 4.78 is 6.76. The molecular formula is C13H15BrN2O. The van der Waals surface area contributed by atoms with Gasteiger partial charge < -0.3 is 10.2 Å². The van der Waals surface area contributed by atoms with E-state index in [1.165, 1.54) is 5.56 Å². The number of hydrogen-bond acceptors (Lipinski definition) is 3. The van der Waals surface area contributed by atoms with Crippen molar-refractivity contribution in [3.8, 4) is 0 Å². The molecule has 17 heavy (non-hydrogen) atoms. The van der Waals surface area contributed by atoms with Crippen LogP contribution in [0.4, 0.5) is 0 Å². The molecule has 0 amide bonds. The molecule has 1 unspecified atom stereocenters. The minimum atomic E-state index is 0.218. The van der Waals surface area contributed by atoms with Crippen LogP contribution in [0, 0.1) is 0 Å². The number of nitrogens with zero attached hydrogens (tertiary/aromatic N) is 1. The predicted molar refractivity (Wildman–Crippen MR) is 70.9 cm³/mol. The second-order valence-corrected chi connectivity index (χ2v) is 4.92. The Hall–Kier alpha value is -1.13. The minimum Gasteiger partial charge on any atom is -0.445 e. The zero-order valence-electron chi connectivity index (χ0n) is 9.69. The quantitative estimate of drug-likeness (QED) is 0.943. The first-order chi connectivity index (χ1) is 8.20. The molecule has 1 heterocycles. The lowest BCUT2D eigenvalue weighted by Gasteiger charge is -2.03. The lowest BCUT2D eigenvalue weighted by atomic mass is 10.1. The van der Waals surface area contributed by atoms with Crippen LogP contribution in [0.5, 0.6) is 0 Å². The Labute approximate surface area is 109 Å². The first kappa shape index (κ1) is 12.3. The van der Waals surface area contributed by atoms with E-state index in [2.05, 4.69) is 27.0 Å². The highest BCUT2D eigenvalue weighted by atomic mass is 79.9. The maximum Gasteiger partial charge on any atom is 0.198 e. The Morgan fingerprint density at radius 2 is 2.18 bits per heavy atom. The van der Waals surface area contributed by atoms with Crippen LogP contribution in [0.1, 0.15) is 30.1 Å². The molecule has 2 rings (SSSR count). The molecule has 1 aromatic carbocycles. The maximum atomic E-state index is 5.68. The molecule has 0 fully saturated rings. The molecule has 3 nitrogen and oxygen atoms in total. The average molecular weight is 295 g/mol. The number of oxazole rings is 1. The van der Waals surface area contributed by atoms with Gasteiger partial charge in [-0.05, 0) is 11.6 Å². The van der Waals surface area contributed by atoms with Crippen molar-refractivity contribution in [2.45, 2.75) is 19.3 Å². The molecule has 0 bridgehead atoms. The summed E-state index contributed by atoms with van der Waals surface area (Å²) in [5.41, 5.74) is 6.76. The van der Waals surface area contributed by atoms with Gasteiger partial charge in [0.15, 0.2) is 5.89 Å². The third kappa shape index (κ3) is 2.96. The van der Waals surface area contributed by atoms with E-state index in [0.29, 0.717) is 13.0 Å². The van der Waals surface area contributed by atoms with Gasteiger partial charge in [0, 0.05) is 16.9 Å². The smallest absolute Gasteiger partial charge is 0.198 e. The van der Waals surface area contributed by atoms with Gasteiger partial charge in [0.2, 0.25) is 0 Å². The third-order valence-corrected chi connectivity index (χ3v) is 3.48. The largest absolute Gasteiger partial charge is 0.445 e. The second-order valence-electron chi connectivity index (χ2n) is 4.06. The summed E-state index contributed by atoms with van der Waals surface area (Å²) >= 11 is 3.51. The first-order valence-corrected chi connectivity index (χ1v) is 6.38. The summed E-state index contributed by atoms with van der Waals surface area (Å²) in [6.07, 6.45) is 2.46. The van der Waals surface area contributed by atoms with E-state index in [1.54, 1.807) is 6.20 Å². The molecule has 0 radical (unpaired) electrons. The summed E-state index contributed by atoms with van der Waals surface area (Å²) in [4.78, 5) is 4.28. The van der Waals surface area contributed by atoms with Crippen molar-refractivity contribution in [1.82, 2.24) is 4.98 Å². The summed E-state index contributed by atoms with van der Waals surface area (Å²) in [6.45, 7) is 2.60. The molecule has 0 spiro atoms. The van der Waals surface area contributed by atoms with Crippen molar-refractivity contribution in [3.63, 3.8) is 0 Å². The third-order valence-electron chi connectivity index (χ3n) is 2.71. The van der Waals surface area contributed by atoms with Gasteiger partial charge in [-0.25, -0.2) is 4.98 Å². The number of benzene rings is 1. The number of nitrogens with two attached hydrogens (primary N) is 1. The summed E-state index contributed by atoms with van der Waals surface area (Å²) in [5.74, 6) is 1.80. The van der Waals surface area contributed by atoms with Gasteiger partial charge in [-0.3, -0.25) is 0 Å². The molecule has 1 atom stereocenters. The minimum absolute atomic E-state index is 0.218. The van der Waals surface area contributed by atoms with Crippen LogP contribution in [0.25, 0.3) is 0 Å². The fraction of sp³-hybridized carbons (Fsp3) is 0.308. The van der Waals surface area contributed by atoms with Crippen molar-refractivity contribution in [1.29, 1.82) is 0 Å². The fourth-order valence-electron chi connectivity index (χ4n) is 1.55. The normalized spacial score (nSPS) is 12.6. The van der Waals surface area contributed by atoms with E-state index in [-0.39, 0.29) is 5.92 Å². The topological polar surface area (TPSA) is 52.0 Å². The highest BCUT2D eigenvalue weighted by molar-refractivity contribution is 9.10. The molecule has 0 aliphatic carbocycles. The maximum absolute atomic E-state index is 5.68. The van der Waals surface area contributed by atoms with E-state index in [9.17, 15) is 0 Å². The molecule has 0 aliphatic heterocycles. The Bertz CT molecular complexity index is 496. The summed E-state index contributed by atoms with van der Waals surface area (Å²) in [5, 5.41) is 0. The van der Waals surface area contributed by atoms with Gasteiger partial charge in [0.1, 0.15) is 5.76 Å². The number of halogens is 1. The molecule has 4 heteroatoms. The average Bonchev–Trinajstić information content (AvgIpc) is 2.80. The van der Waals surface area contributed by atoms with Crippen LogP contribution in [0.2, 0.25) is 0 Å². The van der Waals surface area contributed by atoms with E-state index < -0.39 is 0 Å². The highest BCUT2D eigenvalue weighted by Gasteiger charge is 2.11. The van der Waals surface area contributed by atoms with Crippen LogP contribution < -0.4 is 5.73 Å². The van der Waals surface area contributed by atoms with Crippen molar-refractivity contribution in [2.24, 2.45) is 5.73 Å². The molecule has 0 aliphatic rings. The van der Waals surface area contributed by atoms with Crippen molar-refractivity contribution in [3.05, 3.63) is 52.1 Å². The van der Waals surface area contributed by atoms with Gasteiger partial charge in [-0.1, -0.05) is 41.1 Å². The SMILES string of the molecule is CC(CN)c1cnc(Cc2ccccc2Br)o1. The zero-order valence-corrected chi connectivity index (χ0v) is 11.3. The van der Waals surface area contributed by atoms with Crippen LogP contribution in [0.15, 0.2) is 39.4 Å². The first-order valence-electron chi connectivity index (χ1n) is 5.58. The van der Waals surface area contributed by atoms with Crippen molar-refractivity contribution >= 4 is 15.9 Å². The van der Waals surface area contributed by atoms with Crippen LogP contribution in [-0.2, 0) is 6.42 Å². The molecule has 0 saturated carbocycles. The van der Waals surface area contributed by atoms with E-state index in [1.807, 2.05) is 25.1 Å². The van der Waals surface area contributed by atoms with Gasteiger partial charge in [0.05, 0.1) is 12.6 Å². The fourth-order valence-corrected chi connectivity index (χ4v) is 1.98. The molecule has 1 aromatic heterocycles.